The predicted molar refractivity (Wildman–Crippen MR) is 99.7 cm³/mol. The fourth-order valence-electron chi connectivity index (χ4n) is 3.88. The minimum atomic E-state index is -0.479. The molecule has 3 heterocycles. The molecule has 1 aromatic heterocycles. The average Bonchev–Trinajstić information content (AvgIpc) is 3.29. The van der Waals surface area contributed by atoms with E-state index in [2.05, 4.69) is 5.10 Å². The number of aryl methyl sites for hydroxylation is 2. The van der Waals surface area contributed by atoms with Gasteiger partial charge in [-0.15, -0.1) is 0 Å². The van der Waals surface area contributed by atoms with Gasteiger partial charge in [0, 0.05) is 38.5 Å². The second-order valence-corrected chi connectivity index (χ2v) is 7.12. The van der Waals surface area contributed by atoms with E-state index in [-0.39, 0.29) is 5.91 Å². The maximum atomic E-state index is 12.9. The van der Waals surface area contributed by atoms with Crippen molar-refractivity contribution in [3.8, 4) is 17.0 Å². The molecule has 1 spiro atoms. The van der Waals surface area contributed by atoms with Gasteiger partial charge in [-0.1, -0.05) is 0 Å². The Kier molecular flexibility index (Phi) is 4.65. The van der Waals surface area contributed by atoms with Crippen LogP contribution in [0, 0.1) is 6.92 Å². The first-order chi connectivity index (χ1) is 13.0. The molecule has 0 radical (unpaired) electrons. The summed E-state index contributed by atoms with van der Waals surface area (Å²) in [7, 11) is 3.52. The van der Waals surface area contributed by atoms with Crippen LogP contribution in [-0.2, 0) is 16.5 Å². The van der Waals surface area contributed by atoms with Crippen molar-refractivity contribution in [2.45, 2.75) is 25.6 Å². The SMILES string of the molecule is COc1ccc(-c2cc(C(=O)N3CCC4(CC3)OCCO4)nn2C)cc1C. The molecule has 144 valence electrons. The number of nitrogens with zero attached hydrogens (tertiary/aromatic N) is 3. The smallest absolute Gasteiger partial charge is 0.274 e. The van der Waals surface area contributed by atoms with Gasteiger partial charge in [-0.3, -0.25) is 9.48 Å². The van der Waals surface area contributed by atoms with Gasteiger partial charge in [0.25, 0.3) is 5.91 Å². The molecule has 2 fully saturated rings. The molecule has 2 aromatic rings. The highest BCUT2D eigenvalue weighted by Gasteiger charge is 2.41. The molecular weight excluding hydrogens is 346 g/mol. The Bertz CT molecular complexity index is 845. The number of methoxy groups -OCH3 is 1. The fraction of sp³-hybridized carbons (Fsp3) is 0.500. The van der Waals surface area contributed by atoms with Crippen molar-refractivity contribution in [3.05, 3.63) is 35.5 Å². The lowest BCUT2D eigenvalue weighted by atomic mass is 10.0. The predicted octanol–water partition coefficient (Wildman–Crippen LogP) is 2.38. The summed E-state index contributed by atoms with van der Waals surface area (Å²) in [5.74, 6) is 0.318. The van der Waals surface area contributed by atoms with Gasteiger partial charge in [0.15, 0.2) is 11.5 Å². The zero-order valence-electron chi connectivity index (χ0n) is 16.0. The zero-order chi connectivity index (χ0) is 19.0. The van der Waals surface area contributed by atoms with Crippen molar-refractivity contribution in [1.29, 1.82) is 0 Å². The van der Waals surface area contributed by atoms with E-state index < -0.39 is 5.79 Å². The molecule has 0 atom stereocenters. The van der Waals surface area contributed by atoms with Crippen molar-refractivity contribution >= 4 is 5.91 Å². The number of aromatic nitrogens is 2. The Balaban J connectivity index is 1.51. The van der Waals surface area contributed by atoms with E-state index in [1.165, 1.54) is 0 Å². The molecule has 0 unspecified atom stereocenters. The van der Waals surface area contributed by atoms with Crippen LogP contribution in [0.4, 0.5) is 0 Å². The second kappa shape index (κ2) is 6.98. The molecule has 0 saturated carbocycles. The lowest BCUT2D eigenvalue weighted by molar-refractivity contribution is -0.181. The summed E-state index contributed by atoms with van der Waals surface area (Å²) in [6, 6.07) is 7.82. The van der Waals surface area contributed by atoms with E-state index in [1.54, 1.807) is 11.8 Å². The first-order valence-corrected chi connectivity index (χ1v) is 9.28. The maximum absolute atomic E-state index is 12.9. The number of hydrogen-bond donors (Lipinski definition) is 0. The van der Waals surface area contributed by atoms with Gasteiger partial charge in [0.2, 0.25) is 0 Å². The van der Waals surface area contributed by atoms with Crippen molar-refractivity contribution in [2.24, 2.45) is 7.05 Å². The first kappa shape index (κ1) is 18.0. The van der Waals surface area contributed by atoms with Crippen LogP contribution < -0.4 is 4.74 Å². The number of piperidine rings is 1. The molecule has 1 aromatic carbocycles. The van der Waals surface area contributed by atoms with Gasteiger partial charge in [-0.05, 0) is 36.8 Å². The Morgan fingerprint density at radius 1 is 1.19 bits per heavy atom. The maximum Gasteiger partial charge on any atom is 0.274 e. The second-order valence-electron chi connectivity index (χ2n) is 7.12. The highest BCUT2D eigenvalue weighted by atomic mass is 16.7. The van der Waals surface area contributed by atoms with Crippen molar-refractivity contribution in [3.63, 3.8) is 0 Å². The van der Waals surface area contributed by atoms with Crippen LogP contribution in [0.5, 0.6) is 5.75 Å². The third-order valence-corrected chi connectivity index (χ3v) is 5.42. The number of rotatable bonds is 3. The molecular formula is C20H25N3O4. The number of ether oxygens (including phenoxy) is 3. The summed E-state index contributed by atoms with van der Waals surface area (Å²) < 4.78 is 18.6. The van der Waals surface area contributed by atoms with E-state index in [9.17, 15) is 4.79 Å². The lowest BCUT2D eigenvalue weighted by Crippen LogP contribution is -2.47. The van der Waals surface area contributed by atoms with E-state index in [1.807, 2.05) is 43.1 Å². The molecule has 7 heteroatoms. The van der Waals surface area contributed by atoms with Crippen LogP contribution in [0.3, 0.4) is 0 Å². The largest absolute Gasteiger partial charge is 0.496 e. The number of carbonyl (C=O) groups is 1. The van der Waals surface area contributed by atoms with E-state index in [4.69, 9.17) is 14.2 Å². The van der Waals surface area contributed by atoms with Gasteiger partial charge in [-0.25, -0.2) is 0 Å². The Labute approximate surface area is 158 Å². The standard InChI is InChI=1S/C20H25N3O4/c1-14-12-15(4-5-18(14)25-3)17-13-16(21-22(17)2)19(24)23-8-6-20(7-9-23)26-10-11-27-20/h4-5,12-13H,6-11H2,1-3H3. The molecule has 4 rings (SSSR count). The Morgan fingerprint density at radius 2 is 1.89 bits per heavy atom. The molecule has 2 aliphatic rings. The van der Waals surface area contributed by atoms with Gasteiger partial charge in [0.05, 0.1) is 26.0 Å². The summed E-state index contributed by atoms with van der Waals surface area (Å²) in [6.07, 6.45) is 1.41. The molecule has 0 aliphatic carbocycles. The third-order valence-electron chi connectivity index (χ3n) is 5.42. The average molecular weight is 371 g/mol. The first-order valence-electron chi connectivity index (χ1n) is 9.28. The third kappa shape index (κ3) is 3.33. The van der Waals surface area contributed by atoms with Crippen LogP contribution in [0.2, 0.25) is 0 Å². The fourth-order valence-corrected chi connectivity index (χ4v) is 3.88. The number of hydrogen-bond acceptors (Lipinski definition) is 5. The minimum absolute atomic E-state index is 0.0464. The summed E-state index contributed by atoms with van der Waals surface area (Å²) in [5.41, 5.74) is 3.42. The van der Waals surface area contributed by atoms with Crippen molar-refractivity contribution in [1.82, 2.24) is 14.7 Å². The van der Waals surface area contributed by atoms with Gasteiger partial charge in [0.1, 0.15) is 5.75 Å². The van der Waals surface area contributed by atoms with Crippen molar-refractivity contribution < 1.29 is 19.0 Å². The summed E-state index contributed by atoms with van der Waals surface area (Å²) >= 11 is 0. The minimum Gasteiger partial charge on any atom is -0.496 e. The quantitative estimate of drug-likeness (QED) is 0.829. The molecule has 1 amide bonds. The molecule has 0 N–H and O–H groups in total. The van der Waals surface area contributed by atoms with Crippen LogP contribution in [-0.4, -0.2) is 59.8 Å². The van der Waals surface area contributed by atoms with E-state index >= 15 is 0 Å². The van der Waals surface area contributed by atoms with Crippen molar-refractivity contribution in [2.75, 3.05) is 33.4 Å². The van der Waals surface area contributed by atoms with E-state index in [0.717, 1.165) is 22.6 Å². The Hall–Kier alpha value is -2.38. The van der Waals surface area contributed by atoms with Gasteiger partial charge in [-0.2, -0.15) is 5.10 Å². The topological polar surface area (TPSA) is 65.8 Å². The summed E-state index contributed by atoms with van der Waals surface area (Å²) in [6.45, 7) is 4.51. The molecule has 0 bridgehead atoms. The monoisotopic (exact) mass is 371 g/mol. The highest BCUT2D eigenvalue weighted by molar-refractivity contribution is 5.93. The van der Waals surface area contributed by atoms with Gasteiger partial charge >= 0.3 is 0 Å². The van der Waals surface area contributed by atoms with Gasteiger partial charge < -0.3 is 19.1 Å². The van der Waals surface area contributed by atoms with E-state index in [0.29, 0.717) is 44.8 Å². The molecule has 7 nitrogen and oxygen atoms in total. The summed E-state index contributed by atoms with van der Waals surface area (Å²) in [5, 5.41) is 4.46. The lowest BCUT2D eigenvalue weighted by Gasteiger charge is -2.37. The van der Waals surface area contributed by atoms with Crippen LogP contribution in [0.1, 0.15) is 28.9 Å². The highest BCUT2D eigenvalue weighted by Crippen LogP contribution is 2.32. The van der Waals surface area contributed by atoms with Crippen LogP contribution in [0.15, 0.2) is 24.3 Å². The molecule has 2 aliphatic heterocycles. The number of likely N-dealkylation sites (tertiary alicyclic amines) is 1. The zero-order valence-corrected chi connectivity index (χ0v) is 16.0. The number of carbonyl (C=O) groups excluding carboxylic acids is 1. The number of benzene rings is 1. The molecule has 2 saturated heterocycles. The van der Waals surface area contributed by atoms with Crippen LogP contribution >= 0.6 is 0 Å². The normalized spacial score (nSPS) is 18.9. The Morgan fingerprint density at radius 3 is 2.52 bits per heavy atom. The number of amides is 1. The van der Waals surface area contributed by atoms with Crippen LogP contribution in [0.25, 0.3) is 11.3 Å². The summed E-state index contributed by atoms with van der Waals surface area (Å²) in [4.78, 5) is 14.8. The molecule has 27 heavy (non-hydrogen) atoms.